The van der Waals surface area contributed by atoms with Crippen LogP contribution in [-0.4, -0.2) is 37.5 Å². The summed E-state index contributed by atoms with van der Waals surface area (Å²) in [6.07, 6.45) is 2.53. The Morgan fingerprint density at radius 3 is 3.15 bits per heavy atom. The normalized spacial score (nSPS) is 45.7. The monoisotopic (exact) mass is 185 g/mol. The second kappa shape index (κ2) is 3.56. The van der Waals surface area contributed by atoms with E-state index in [9.17, 15) is 0 Å². The highest BCUT2D eigenvalue weighted by atomic mass is 16.5. The molecule has 3 heteroatoms. The van der Waals surface area contributed by atoms with E-state index in [1.165, 1.54) is 0 Å². The highest BCUT2D eigenvalue weighted by Crippen LogP contribution is 2.23. The molecule has 0 aromatic rings. The van der Waals surface area contributed by atoms with Crippen molar-refractivity contribution < 1.29 is 9.47 Å². The fourth-order valence-electron chi connectivity index (χ4n) is 2.04. The Morgan fingerprint density at radius 2 is 2.38 bits per heavy atom. The van der Waals surface area contributed by atoms with E-state index < -0.39 is 0 Å². The summed E-state index contributed by atoms with van der Waals surface area (Å²) in [5.74, 6) is 0. The minimum Gasteiger partial charge on any atom is -0.380 e. The molecule has 0 amide bonds. The van der Waals surface area contributed by atoms with Gasteiger partial charge in [-0.3, -0.25) is 0 Å². The summed E-state index contributed by atoms with van der Waals surface area (Å²) in [5, 5.41) is 3.63. The quantitative estimate of drug-likeness (QED) is 0.659. The summed E-state index contributed by atoms with van der Waals surface area (Å²) in [5.41, 5.74) is 0.155. The number of hydrogen-bond acceptors (Lipinski definition) is 3. The van der Waals surface area contributed by atoms with E-state index in [1.54, 1.807) is 0 Å². The molecule has 2 rings (SSSR count). The van der Waals surface area contributed by atoms with Gasteiger partial charge in [-0.1, -0.05) is 6.92 Å². The molecule has 3 unspecified atom stereocenters. The van der Waals surface area contributed by atoms with Gasteiger partial charge in [0.25, 0.3) is 0 Å². The summed E-state index contributed by atoms with van der Waals surface area (Å²) in [4.78, 5) is 0. The van der Waals surface area contributed by atoms with Gasteiger partial charge < -0.3 is 14.8 Å². The maximum Gasteiger partial charge on any atom is 0.0773 e. The van der Waals surface area contributed by atoms with E-state index >= 15 is 0 Å². The first kappa shape index (κ1) is 9.44. The molecule has 2 fully saturated rings. The van der Waals surface area contributed by atoms with Gasteiger partial charge in [0.15, 0.2) is 0 Å². The molecule has 2 saturated heterocycles. The van der Waals surface area contributed by atoms with Crippen molar-refractivity contribution in [1.82, 2.24) is 5.32 Å². The van der Waals surface area contributed by atoms with Crippen LogP contribution in [0.25, 0.3) is 0 Å². The van der Waals surface area contributed by atoms with Crippen molar-refractivity contribution >= 4 is 0 Å². The van der Waals surface area contributed by atoms with E-state index in [4.69, 9.17) is 9.47 Å². The molecule has 2 aliphatic rings. The smallest absolute Gasteiger partial charge is 0.0773 e. The standard InChI is InChI=1S/C10H19NO2/c1-3-10(2)7-13-9-4-5-12-6-8(9)11-10/h8-9,11H,3-7H2,1-2H3. The fraction of sp³-hybridized carbons (Fsp3) is 1.00. The zero-order valence-corrected chi connectivity index (χ0v) is 8.51. The Hall–Kier alpha value is -0.120. The van der Waals surface area contributed by atoms with Crippen LogP contribution in [0.4, 0.5) is 0 Å². The molecule has 0 saturated carbocycles. The molecule has 13 heavy (non-hydrogen) atoms. The fourth-order valence-corrected chi connectivity index (χ4v) is 2.04. The van der Waals surface area contributed by atoms with E-state index in [-0.39, 0.29) is 5.54 Å². The molecule has 0 radical (unpaired) electrons. The van der Waals surface area contributed by atoms with Crippen LogP contribution in [0.3, 0.4) is 0 Å². The Bertz CT molecular complexity index is 186. The maximum absolute atomic E-state index is 5.85. The molecule has 0 spiro atoms. The third kappa shape index (κ3) is 1.87. The number of rotatable bonds is 1. The number of morpholine rings is 1. The SMILES string of the molecule is CCC1(C)COC2CCOCC2N1. The number of ether oxygens (including phenoxy) is 2. The molecule has 0 aromatic carbocycles. The van der Waals surface area contributed by atoms with Crippen LogP contribution in [0.15, 0.2) is 0 Å². The van der Waals surface area contributed by atoms with Crippen molar-refractivity contribution in [3.05, 3.63) is 0 Å². The molecule has 3 nitrogen and oxygen atoms in total. The maximum atomic E-state index is 5.85. The zero-order chi connectivity index (χ0) is 9.31. The molecule has 3 atom stereocenters. The van der Waals surface area contributed by atoms with Crippen LogP contribution in [0.1, 0.15) is 26.7 Å². The molecule has 2 heterocycles. The van der Waals surface area contributed by atoms with Crippen molar-refractivity contribution in [2.75, 3.05) is 19.8 Å². The molecule has 0 aliphatic carbocycles. The van der Waals surface area contributed by atoms with Crippen molar-refractivity contribution in [3.63, 3.8) is 0 Å². The molecule has 1 N–H and O–H groups in total. The third-order valence-electron chi connectivity index (χ3n) is 3.22. The summed E-state index contributed by atoms with van der Waals surface area (Å²) in [6, 6.07) is 0.410. The first-order valence-electron chi connectivity index (χ1n) is 5.20. The highest BCUT2D eigenvalue weighted by molar-refractivity contribution is 4.94. The van der Waals surface area contributed by atoms with Crippen LogP contribution in [0, 0.1) is 0 Å². The lowest BCUT2D eigenvalue weighted by Crippen LogP contribution is -2.63. The van der Waals surface area contributed by atoms with E-state index in [2.05, 4.69) is 19.2 Å². The van der Waals surface area contributed by atoms with Gasteiger partial charge in [0.1, 0.15) is 0 Å². The van der Waals surface area contributed by atoms with Crippen LogP contribution in [-0.2, 0) is 9.47 Å². The molecule has 0 bridgehead atoms. The number of hydrogen-bond donors (Lipinski definition) is 1. The van der Waals surface area contributed by atoms with Crippen molar-refractivity contribution in [2.45, 2.75) is 44.4 Å². The van der Waals surface area contributed by atoms with Crippen LogP contribution in [0.5, 0.6) is 0 Å². The largest absolute Gasteiger partial charge is 0.380 e. The average molecular weight is 185 g/mol. The molecular formula is C10H19NO2. The minimum absolute atomic E-state index is 0.155. The Morgan fingerprint density at radius 1 is 1.54 bits per heavy atom. The second-order valence-corrected chi connectivity index (χ2v) is 4.38. The number of fused-ring (bicyclic) bond motifs is 1. The van der Waals surface area contributed by atoms with Crippen LogP contribution < -0.4 is 5.32 Å². The lowest BCUT2D eigenvalue weighted by atomic mass is 9.93. The van der Waals surface area contributed by atoms with Gasteiger partial charge in [-0.25, -0.2) is 0 Å². The van der Waals surface area contributed by atoms with Crippen LogP contribution >= 0.6 is 0 Å². The average Bonchev–Trinajstić information content (AvgIpc) is 2.18. The van der Waals surface area contributed by atoms with Gasteiger partial charge in [-0.15, -0.1) is 0 Å². The van der Waals surface area contributed by atoms with Gasteiger partial charge in [-0.2, -0.15) is 0 Å². The Balaban J connectivity index is 1.98. The highest BCUT2D eigenvalue weighted by Gasteiger charge is 2.38. The minimum atomic E-state index is 0.155. The summed E-state index contributed by atoms with van der Waals surface area (Å²) < 4.78 is 11.3. The molecule has 0 aromatic heterocycles. The van der Waals surface area contributed by atoms with Crippen LogP contribution in [0.2, 0.25) is 0 Å². The van der Waals surface area contributed by atoms with Crippen molar-refractivity contribution in [3.8, 4) is 0 Å². The van der Waals surface area contributed by atoms with E-state index in [1.807, 2.05) is 0 Å². The first-order chi connectivity index (χ1) is 6.23. The molecule has 2 aliphatic heterocycles. The second-order valence-electron chi connectivity index (χ2n) is 4.38. The van der Waals surface area contributed by atoms with Crippen molar-refractivity contribution in [1.29, 1.82) is 0 Å². The Labute approximate surface area is 79.8 Å². The summed E-state index contributed by atoms with van der Waals surface area (Å²) >= 11 is 0. The van der Waals surface area contributed by atoms with E-state index in [0.717, 1.165) is 32.7 Å². The van der Waals surface area contributed by atoms with Gasteiger partial charge in [0.05, 0.1) is 25.4 Å². The third-order valence-corrected chi connectivity index (χ3v) is 3.22. The predicted molar refractivity (Wildman–Crippen MR) is 50.8 cm³/mol. The van der Waals surface area contributed by atoms with Gasteiger partial charge >= 0.3 is 0 Å². The Kier molecular flexibility index (Phi) is 2.58. The summed E-state index contributed by atoms with van der Waals surface area (Å²) in [7, 11) is 0. The molecule has 76 valence electrons. The summed E-state index contributed by atoms with van der Waals surface area (Å²) in [6.45, 7) is 6.91. The first-order valence-corrected chi connectivity index (χ1v) is 5.20. The predicted octanol–water partition coefficient (Wildman–Crippen LogP) is 0.932. The van der Waals surface area contributed by atoms with E-state index in [0.29, 0.717) is 12.1 Å². The molecular weight excluding hydrogens is 166 g/mol. The topological polar surface area (TPSA) is 30.5 Å². The lowest BCUT2D eigenvalue weighted by molar-refractivity contribution is -0.113. The zero-order valence-electron chi connectivity index (χ0n) is 8.51. The van der Waals surface area contributed by atoms with Gasteiger partial charge in [0.2, 0.25) is 0 Å². The van der Waals surface area contributed by atoms with Crippen molar-refractivity contribution in [2.24, 2.45) is 0 Å². The van der Waals surface area contributed by atoms with Gasteiger partial charge in [0, 0.05) is 12.1 Å². The number of nitrogens with one attached hydrogen (secondary N) is 1. The van der Waals surface area contributed by atoms with Gasteiger partial charge in [-0.05, 0) is 19.8 Å². The lowest BCUT2D eigenvalue weighted by Gasteiger charge is -2.45.